The van der Waals surface area contributed by atoms with Crippen LogP contribution in [0.2, 0.25) is 0 Å². The molecule has 31 heavy (non-hydrogen) atoms. The van der Waals surface area contributed by atoms with Gasteiger partial charge in [0.25, 0.3) is 5.91 Å². The lowest BCUT2D eigenvalue weighted by molar-refractivity contribution is -0.119. The van der Waals surface area contributed by atoms with E-state index in [0.717, 1.165) is 11.3 Å². The van der Waals surface area contributed by atoms with E-state index >= 15 is 0 Å². The van der Waals surface area contributed by atoms with Crippen LogP contribution >= 0.6 is 11.8 Å². The fourth-order valence-electron chi connectivity index (χ4n) is 2.81. The fourth-order valence-corrected chi connectivity index (χ4v) is 3.56. The van der Waals surface area contributed by atoms with Gasteiger partial charge in [-0.25, -0.2) is 0 Å². The first-order chi connectivity index (χ1) is 15.2. The molecule has 0 unspecified atom stereocenters. The Morgan fingerprint density at radius 3 is 2.32 bits per heavy atom. The molecule has 4 rings (SSSR count). The SMILES string of the molecule is O=C(CSc1nnc(-c2cccnc2)n1-c1ccccc1)NNC(=O)c1ccccc1. The summed E-state index contributed by atoms with van der Waals surface area (Å²) in [6.07, 6.45) is 3.40. The van der Waals surface area contributed by atoms with Crippen molar-refractivity contribution in [3.05, 3.63) is 90.8 Å². The van der Waals surface area contributed by atoms with Crippen LogP contribution in [0.25, 0.3) is 17.1 Å². The number of carbonyl (C=O) groups excluding carboxylic acids is 2. The Balaban J connectivity index is 1.47. The van der Waals surface area contributed by atoms with Gasteiger partial charge in [0.1, 0.15) is 0 Å². The molecule has 2 amide bonds. The lowest BCUT2D eigenvalue weighted by Crippen LogP contribution is -2.42. The lowest BCUT2D eigenvalue weighted by atomic mass is 10.2. The van der Waals surface area contributed by atoms with Crippen LogP contribution in [0.4, 0.5) is 0 Å². The molecule has 0 aliphatic heterocycles. The molecule has 9 heteroatoms. The number of carbonyl (C=O) groups is 2. The largest absolute Gasteiger partial charge is 0.272 e. The number of nitrogens with zero attached hydrogens (tertiary/aromatic N) is 4. The van der Waals surface area contributed by atoms with Gasteiger partial charge in [-0.3, -0.25) is 30.0 Å². The second-order valence-corrected chi connectivity index (χ2v) is 7.32. The number of hydrogen-bond donors (Lipinski definition) is 2. The third kappa shape index (κ3) is 4.96. The van der Waals surface area contributed by atoms with Crippen molar-refractivity contribution >= 4 is 23.6 Å². The number of hydrazine groups is 1. The van der Waals surface area contributed by atoms with Crippen molar-refractivity contribution in [3.8, 4) is 17.1 Å². The van der Waals surface area contributed by atoms with Crippen molar-refractivity contribution < 1.29 is 9.59 Å². The minimum atomic E-state index is -0.384. The first-order valence-electron chi connectivity index (χ1n) is 9.40. The fraction of sp³-hybridized carbons (Fsp3) is 0.0455. The standard InChI is InChI=1S/C22H18N6O2S/c29-19(24-26-21(30)16-8-3-1-4-9-16)15-31-22-27-25-20(17-10-7-13-23-14-17)28(22)18-11-5-2-6-12-18/h1-14H,15H2,(H,24,29)(H,26,30). The van der Waals surface area contributed by atoms with Crippen molar-refractivity contribution in [1.82, 2.24) is 30.6 Å². The molecular weight excluding hydrogens is 412 g/mol. The smallest absolute Gasteiger partial charge is 0.269 e. The van der Waals surface area contributed by atoms with E-state index in [0.29, 0.717) is 16.5 Å². The van der Waals surface area contributed by atoms with Crippen molar-refractivity contribution in [2.45, 2.75) is 5.16 Å². The third-order valence-electron chi connectivity index (χ3n) is 4.25. The van der Waals surface area contributed by atoms with E-state index in [1.165, 1.54) is 11.8 Å². The summed E-state index contributed by atoms with van der Waals surface area (Å²) in [5, 5.41) is 9.12. The van der Waals surface area contributed by atoms with Crippen LogP contribution in [0.15, 0.2) is 90.3 Å². The van der Waals surface area contributed by atoms with E-state index < -0.39 is 0 Å². The number of amides is 2. The summed E-state index contributed by atoms with van der Waals surface area (Å²) in [5.41, 5.74) is 6.97. The molecule has 8 nitrogen and oxygen atoms in total. The van der Waals surface area contributed by atoms with Crippen LogP contribution < -0.4 is 10.9 Å². The highest BCUT2D eigenvalue weighted by molar-refractivity contribution is 7.99. The Hall–Kier alpha value is -3.98. The zero-order valence-electron chi connectivity index (χ0n) is 16.3. The molecule has 0 spiro atoms. The molecular formula is C22H18N6O2S. The predicted octanol–water partition coefficient (Wildman–Crippen LogP) is 2.88. The summed E-state index contributed by atoms with van der Waals surface area (Å²) < 4.78 is 1.87. The summed E-state index contributed by atoms with van der Waals surface area (Å²) in [6, 6.07) is 22.0. The molecule has 0 bridgehead atoms. The summed E-state index contributed by atoms with van der Waals surface area (Å²) in [6.45, 7) is 0. The number of hydrogen-bond acceptors (Lipinski definition) is 6. The van der Waals surface area contributed by atoms with Crippen LogP contribution in [0.5, 0.6) is 0 Å². The van der Waals surface area contributed by atoms with E-state index in [1.54, 1.807) is 36.7 Å². The molecule has 2 aromatic heterocycles. The molecule has 0 atom stereocenters. The number of thioether (sulfide) groups is 1. The first kappa shape index (κ1) is 20.3. The van der Waals surface area contributed by atoms with Gasteiger partial charge in [0, 0.05) is 29.2 Å². The molecule has 0 saturated heterocycles. The molecule has 0 saturated carbocycles. The van der Waals surface area contributed by atoms with Crippen LogP contribution in [-0.4, -0.2) is 37.3 Å². The minimum absolute atomic E-state index is 0.0487. The summed E-state index contributed by atoms with van der Waals surface area (Å²) in [4.78, 5) is 28.5. The highest BCUT2D eigenvalue weighted by atomic mass is 32.2. The Morgan fingerprint density at radius 1 is 0.871 bits per heavy atom. The van der Waals surface area contributed by atoms with E-state index in [9.17, 15) is 9.59 Å². The number of benzene rings is 2. The molecule has 0 aliphatic rings. The second-order valence-electron chi connectivity index (χ2n) is 6.38. The van der Waals surface area contributed by atoms with Gasteiger partial charge in [-0.05, 0) is 36.4 Å². The maximum absolute atomic E-state index is 12.3. The summed E-state index contributed by atoms with van der Waals surface area (Å²) in [7, 11) is 0. The maximum Gasteiger partial charge on any atom is 0.269 e. The zero-order valence-corrected chi connectivity index (χ0v) is 17.1. The van der Waals surface area contributed by atoms with Crippen molar-refractivity contribution in [2.24, 2.45) is 0 Å². The molecule has 2 aromatic carbocycles. The Labute approximate surface area is 182 Å². The predicted molar refractivity (Wildman–Crippen MR) is 117 cm³/mol. The Kier molecular flexibility index (Phi) is 6.34. The quantitative estimate of drug-likeness (QED) is 0.360. The minimum Gasteiger partial charge on any atom is -0.272 e. The molecule has 2 N–H and O–H groups in total. The van der Waals surface area contributed by atoms with Crippen LogP contribution in [0.1, 0.15) is 10.4 Å². The van der Waals surface area contributed by atoms with Gasteiger partial charge in [-0.15, -0.1) is 10.2 Å². The van der Waals surface area contributed by atoms with Crippen molar-refractivity contribution in [1.29, 1.82) is 0 Å². The molecule has 0 fully saturated rings. The van der Waals surface area contributed by atoms with E-state index in [4.69, 9.17) is 0 Å². The summed E-state index contributed by atoms with van der Waals surface area (Å²) >= 11 is 1.22. The number of pyridine rings is 1. The molecule has 2 heterocycles. The van der Waals surface area contributed by atoms with Crippen LogP contribution in [0.3, 0.4) is 0 Å². The van der Waals surface area contributed by atoms with Crippen LogP contribution in [-0.2, 0) is 4.79 Å². The van der Waals surface area contributed by atoms with E-state index in [1.807, 2.05) is 53.1 Å². The van der Waals surface area contributed by atoms with Gasteiger partial charge in [-0.1, -0.05) is 48.2 Å². The van der Waals surface area contributed by atoms with Gasteiger partial charge in [0.05, 0.1) is 5.75 Å². The lowest BCUT2D eigenvalue weighted by Gasteiger charge is -2.10. The van der Waals surface area contributed by atoms with Gasteiger partial charge in [0.2, 0.25) is 5.91 Å². The molecule has 0 radical (unpaired) electrons. The van der Waals surface area contributed by atoms with E-state index in [2.05, 4.69) is 26.0 Å². The number of nitrogens with one attached hydrogen (secondary N) is 2. The molecule has 154 valence electrons. The highest BCUT2D eigenvalue weighted by Crippen LogP contribution is 2.27. The van der Waals surface area contributed by atoms with Gasteiger partial charge >= 0.3 is 0 Å². The van der Waals surface area contributed by atoms with Gasteiger partial charge < -0.3 is 0 Å². The second kappa shape index (κ2) is 9.68. The van der Waals surface area contributed by atoms with Crippen molar-refractivity contribution in [3.63, 3.8) is 0 Å². The number of para-hydroxylation sites is 1. The highest BCUT2D eigenvalue weighted by Gasteiger charge is 2.17. The summed E-state index contributed by atoms with van der Waals surface area (Å²) in [5.74, 6) is -0.0720. The van der Waals surface area contributed by atoms with Gasteiger partial charge in [-0.2, -0.15) is 0 Å². The van der Waals surface area contributed by atoms with E-state index in [-0.39, 0.29) is 17.6 Å². The average Bonchev–Trinajstić information content (AvgIpc) is 3.27. The normalized spacial score (nSPS) is 10.5. The zero-order chi connectivity index (χ0) is 21.5. The molecule has 4 aromatic rings. The van der Waals surface area contributed by atoms with Crippen LogP contribution in [0, 0.1) is 0 Å². The topological polar surface area (TPSA) is 102 Å². The first-order valence-corrected chi connectivity index (χ1v) is 10.4. The van der Waals surface area contributed by atoms with Crippen molar-refractivity contribution in [2.75, 3.05) is 5.75 Å². The number of aromatic nitrogens is 4. The average molecular weight is 430 g/mol. The molecule has 0 aliphatic carbocycles. The van der Waals surface area contributed by atoms with Gasteiger partial charge in [0.15, 0.2) is 11.0 Å². The Bertz CT molecular complexity index is 1170. The monoisotopic (exact) mass is 430 g/mol. The third-order valence-corrected chi connectivity index (χ3v) is 5.18. The number of rotatable bonds is 6. The Morgan fingerprint density at radius 2 is 1.61 bits per heavy atom. The maximum atomic E-state index is 12.3.